The summed E-state index contributed by atoms with van der Waals surface area (Å²) in [7, 11) is 0. The van der Waals surface area contributed by atoms with Gasteiger partial charge < -0.3 is 9.84 Å². The molecule has 0 saturated carbocycles. The number of aryl methyl sites for hydroxylation is 1. The third kappa shape index (κ3) is 2.57. The summed E-state index contributed by atoms with van der Waals surface area (Å²) in [5, 5.41) is 20.0. The molecule has 0 aromatic heterocycles. The van der Waals surface area contributed by atoms with Crippen molar-refractivity contribution in [2.45, 2.75) is 6.92 Å². The molecule has 2 aromatic rings. The molecule has 92 valence electrons. The SMILES string of the molecule is Cc1ccc(Oc2ccc([N+](=O)[O-])cc2)cc1O. The molecule has 0 heterocycles. The number of phenols is 1. The average Bonchev–Trinajstić information content (AvgIpc) is 2.34. The summed E-state index contributed by atoms with van der Waals surface area (Å²) in [6.07, 6.45) is 0. The molecule has 0 aliphatic carbocycles. The Labute approximate surface area is 103 Å². The van der Waals surface area contributed by atoms with E-state index in [0.29, 0.717) is 11.5 Å². The number of benzene rings is 2. The highest BCUT2D eigenvalue weighted by atomic mass is 16.6. The fourth-order valence-corrected chi connectivity index (χ4v) is 1.42. The van der Waals surface area contributed by atoms with Crippen LogP contribution in [0.2, 0.25) is 0 Å². The minimum Gasteiger partial charge on any atom is -0.508 e. The van der Waals surface area contributed by atoms with Gasteiger partial charge >= 0.3 is 0 Å². The van der Waals surface area contributed by atoms with E-state index < -0.39 is 4.92 Å². The molecule has 2 aromatic carbocycles. The van der Waals surface area contributed by atoms with E-state index in [4.69, 9.17) is 4.74 Å². The largest absolute Gasteiger partial charge is 0.508 e. The summed E-state index contributed by atoms with van der Waals surface area (Å²) in [6, 6.07) is 10.7. The summed E-state index contributed by atoms with van der Waals surface area (Å²) in [5.41, 5.74) is 0.764. The van der Waals surface area contributed by atoms with Crippen LogP contribution < -0.4 is 4.74 Å². The number of ether oxygens (including phenoxy) is 1. The molecule has 5 heteroatoms. The molecule has 0 amide bonds. The molecule has 0 aliphatic rings. The van der Waals surface area contributed by atoms with Gasteiger partial charge in [-0.25, -0.2) is 0 Å². The van der Waals surface area contributed by atoms with E-state index in [1.165, 1.54) is 30.3 Å². The van der Waals surface area contributed by atoms with Crippen molar-refractivity contribution in [3.05, 3.63) is 58.1 Å². The van der Waals surface area contributed by atoms with Gasteiger partial charge in [-0.3, -0.25) is 10.1 Å². The normalized spacial score (nSPS) is 10.1. The van der Waals surface area contributed by atoms with Crippen LogP contribution in [0.1, 0.15) is 5.56 Å². The zero-order valence-corrected chi connectivity index (χ0v) is 9.66. The molecular formula is C13H11NO4. The number of nitro benzene ring substituents is 1. The van der Waals surface area contributed by atoms with Crippen LogP contribution in [0.3, 0.4) is 0 Å². The lowest BCUT2D eigenvalue weighted by atomic mass is 10.2. The number of hydrogen-bond donors (Lipinski definition) is 1. The van der Waals surface area contributed by atoms with Gasteiger partial charge in [0, 0.05) is 18.2 Å². The van der Waals surface area contributed by atoms with Crippen molar-refractivity contribution in [2.24, 2.45) is 0 Å². The van der Waals surface area contributed by atoms with Crippen LogP contribution in [0.25, 0.3) is 0 Å². The predicted molar refractivity (Wildman–Crippen MR) is 66.0 cm³/mol. The maximum absolute atomic E-state index is 10.5. The Hall–Kier alpha value is -2.56. The van der Waals surface area contributed by atoms with Crippen molar-refractivity contribution in [3.8, 4) is 17.2 Å². The monoisotopic (exact) mass is 245 g/mol. The van der Waals surface area contributed by atoms with Crippen molar-refractivity contribution in [2.75, 3.05) is 0 Å². The van der Waals surface area contributed by atoms with Crippen LogP contribution in [-0.4, -0.2) is 10.0 Å². The van der Waals surface area contributed by atoms with Gasteiger partial charge in [0.15, 0.2) is 0 Å². The van der Waals surface area contributed by atoms with E-state index in [9.17, 15) is 15.2 Å². The highest BCUT2D eigenvalue weighted by Crippen LogP contribution is 2.28. The van der Waals surface area contributed by atoms with Gasteiger partial charge in [-0.15, -0.1) is 0 Å². The first kappa shape index (κ1) is 11.9. The smallest absolute Gasteiger partial charge is 0.269 e. The molecule has 0 bridgehead atoms. The lowest BCUT2D eigenvalue weighted by molar-refractivity contribution is -0.384. The second-order valence-corrected chi connectivity index (χ2v) is 3.80. The fourth-order valence-electron chi connectivity index (χ4n) is 1.42. The van der Waals surface area contributed by atoms with Crippen LogP contribution in [0.15, 0.2) is 42.5 Å². The van der Waals surface area contributed by atoms with Crippen LogP contribution in [-0.2, 0) is 0 Å². The summed E-state index contributed by atoms with van der Waals surface area (Å²) in [6.45, 7) is 1.78. The van der Waals surface area contributed by atoms with Gasteiger partial charge in [-0.1, -0.05) is 6.07 Å². The van der Waals surface area contributed by atoms with E-state index in [1.54, 1.807) is 19.1 Å². The Kier molecular flexibility index (Phi) is 3.14. The lowest BCUT2D eigenvalue weighted by Gasteiger charge is -2.06. The predicted octanol–water partition coefficient (Wildman–Crippen LogP) is 3.40. The molecule has 0 saturated heterocycles. The maximum Gasteiger partial charge on any atom is 0.269 e. The van der Waals surface area contributed by atoms with E-state index in [-0.39, 0.29) is 11.4 Å². The fraction of sp³-hybridized carbons (Fsp3) is 0.0769. The second kappa shape index (κ2) is 4.75. The van der Waals surface area contributed by atoms with E-state index in [0.717, 1.165) is 5.56 Å². The van der Waals surface area contributed by atoms with Crippen molar-refractivity contribution < 1.29 is 14.8 Å². The van der Waals surface area contributed by atoms with Crippen LogP contribution in [0, 0.1) is 17.0 Å². The van der Waals surface area contributed by atoms with Crippen molar-refractivity contribution >= 4 is 5.69 Å². The number of rotatable bonds is 3. The van der Waals surface area contributed by atoms with Crippen LogP contribution in [0.4, 0.5) is 5.69 Å². The summed E-state index contributed by atoms with van der Waals surface area (Å²) in [5.74, 6) is 1.10. The first-order chi connectivity index (χ1) is 8.56. The van der Waals surface area contributed by atoms with E-state index in [2.05, 4.69) is 0 Å². The molecule has 0 unspecified atom stereocenters. The number of aromatic hydroxyl groups is 1. The molecule has 18 heavy (non-hydrogen) atoms. The van der Waals surface area contributed by atoms with Gasteiger partial charge in [0.1, 0.15) is 17.2 Å². The highest BCUT2D eigenvalue weighted by molar-refractivity contribution is 5.42. The Morgan fingerprint density at radius 2 is 1.72 bits per heavy atom. The summed E-state index contributed by atoms with van der Waals surface area (Å²) in [4.78, 5) is 10.0. The molecular weight excluding hydrogens is 234 g/mol. The Balaban J connectivity index is 2.18. The third-order valence-corrected chi connectivity index (χ3v) is 2.46. The van der Waals surface area contributed by atoms with Gasteiger partial charge in [-0.2, -0.15) is 0 Å². The molecule has 0 radical (unpaired) electrons. The van der Waals surface area contributed by atoms with E-state index >= 15 is 0 Å². The van der Waals surface area contributed by atoms with Crippen LogP contribution >= 0.6 is 0 Å². The molecule has 0 fully saturated rings. The Morgan fingerprint density at radius 1 is 1.11 bits per heavy atom. The molecule has 0 aliphatic heterocycles. The number of phenolic OH excluding ortho intramolecular Hbond substituents is 1. The number of hydrogen-bond acceptors (Lipinski definition) is 4. The molecule has 0 spiro atoms. The van der Waals surface area contributed by atoms with Gasteiger partial charge in [0.25, 0.3) is 5.69 Å². The van der Waals surface area contributed by atoms with E-state index in [1.807, 2.05) is 0 Å². The average molecular weight is 245 g/mol. The number of non-ortho nitro benzene ring substituents is 1. The highest BCUT2D eigenvalue weighted by Gasteiger charge is 2.05. The third-order valence-electron chi connectivity index (χ3n) is 2.46. The Bertz CT molecular complexity index is 578. The summed E-state index contributed by atoms with van der Waals surface area (Å²) < 4.78 is 5.47. The molecule has 0 atom stereocenters. The quantitative estimate of drug-likeness (QED) is 0.664. The molecule has 2 rings (SSSR count). The zero-order chi connectivity index (χ0) is 13.1. The maximum atomic E-state index is 10.5. The summed E-state index contributed by atoms with van der Waals surface area (Å²) >= 11 is 0. The minimum atomic E-state index is -0.471. The lowest BCUT2D eigenvalue weighted by Crippen LogP contribution is -1.88. The van der Waals surface area contributed by atoms with Gasteiger partial charge in [0.05, 0.1) is 4.92 Å². The standard InChI is InChI=1S/C13H11NO4/c1-9-2-5-12(8-13(9)15)18-11-6-3-10(4-7-11)14(16)17/h2-8,15H,1H3. The second-order valence-electron chi connectivity index (χ2n) is 3.80. The Morgan fingerprint density at radius 3 is 2.28 bits per heavy atom. The first-order valence-electron chi connectivity index (χ1n) is 5.28. The molecule has 5 nitrogen and oxygen atoms in total. The molecule has 1 N–H and O–H groups in total. The topological polar surface area (TPSA) is 72.6 Å². The van der Waals surface area contributed by atoms with Crippen LogP contribution in [0.5, 0.6) is 17.2 Å². The van der Waals surface area contributed by atoms with Crippen molar-refractivity contribution in [1.82, 2.24) is 0 Å². The zero-order valence-electron chi connectivity index (χ0n) is 9.66. The van der Waals surface area contributed by atoms with Crippen molar-refractivity contribution in [1.29, 1.82) is 0 Å². The minimum absolute atomic E-state index is 0.00843. The number of nitrogens with zero attached hydrogens (tertiary/aromatic N) is 1. The first-order valence-corrected chi connectivity index (χ1v) is 5.28. The van der Waals surface area contributed by atoms with Gasteiger partial charge in [0.2, 0.25) is 0 Å². The number of nitro groups is 1. The van der Waals surface area contributed by atoms with Gasteiger partial charge in [-0.05, 0) is 30.7 Å². The van der Waals surface area contributed by atoms with Crippen molar-refractivity contribution in [3.63, 3.8) is 0 Å².